The van der Waals surface area contributed by atoms with E-state index in [0.29, 0.717) is 28.6 Å². The third-order valence-corrected chi connectivity index (χ3v) is 6.80. The van der Waals surface area contributed by atoms with Crippen molar-refractivity contribution in [3.63, 3.8) is 0 Å². The van der Waals surface area contributed by atoms with E-state index in [1.165, 1.54) is 0 Å². The first-order valence-electron chi connectivity index (χ1n) is 10.7. The van der Waals surface area contributed by atoms with Crippen molar-refractivity contribution in [3.8, 4) is 5.75 Å². The lowest BCUT2D eigenvalue weighted by Gasteiger charge is -2.25. The standard InChI is InChI=1S/C25H22ClN3O4/c1-15-22(17-8-12-19(13-9-17)33-14-16-6-10-18(26)11-7-16)23(29(31)32)25(28-15)20-4-2-3-5-21(20)27-24(25)30/h2-13,15,22-23,28H,14H2,1H3,(H,27,30)/t15-,22-,23-,25-/m0/s1. The fourth-order valence-corrected chi connectivity index (χ4v) is 5.21. The minimum absolute atomic E-state index is 0.293. The van der Waals surface area contributed by atoms with E-state index in [1.807, 2.05) is 55.5 Å². The SMILES string of the molecule is C[C@@H]1N[C@]2(C(=O)Nc3ccccc32)[C@@H]([N+](=O)[O-])[C@@H]1c1ccc(OCc2ccc(Cl)cc2)cc1. The number of hydrogen-bond donors (Lipinski definition) is 2. The number of benzene rings is 3. The van der Waals surface area contributed by atoms with Crippen LogP contribution in [0.4, 0.5) is 5.69 Å². The predicted molar refractivity (Wildman–Crippen MR) is 125 cm³/mol. The van der Waals surface area contributed by atoms with Gasteiger partial charge in [0.05, 0.1) is 5.92 Å². The van der Waals surface area contributed by atoms with Crippen LogP contribution in [0.3, 0.4) is 0 Å². The number of fused-ring (bicyclic) bond motifs is 2. The maximum absolute atomic E-state index is 13.1. The van der Waals surface area contributed by atoms with Gasteiger partial charge in [-0.05, 0) is 48.4 Å². The number of nitrogens with one attached hydrogen (secondary N) is 2. The molecule has 2 aliphatic rings. The quantitative estimate of drug-likeness (QED) is 0.429. The highest BCUT2D eigenvalue weighted by atomic mass is 35.5. The second-order valence-corrected chi connectivity index (χ2v) is 8.92. The molecule has 168 valence electrons. The first kappa shape index (κ1) is 21.4. The van der Waals surface area contributed by atoms with E-state index in [1.54, 1.807) is 24.3 Å². The smallest absolute Gasteiger partial charge is 0.256 e. The number of halogens is 1. The number of rotatable bonds is 5. The van der Waals surface area contributed by atoms with Gasteiger partial charge in [-0.1, -0.05) is 54.1 Å². The molecule has 4 atom stereocenters. The van der Waals surface area contributed by atoms with Gasteiger partial charge in [0.25, 0.3) is 11.9 Å². The Labute approximate surface area is 195 Å². The van der Waals surface area contributed by atoms with Crippen molar-refractivity contribution in [1.82, 2.24) is 5.32 Å². The van der Waals surface area contributed by atoms with Gasteiger partial charge < -0.3 is 10.1 Å². The zero-order valence-electron chi connectivity index (χ0n) is 17.8. The van der Waals surface area contributed by atoms with E-state index in [9.17, 15) is 14.9 Å². The molecule has 0 aromatic heterocycles. The van der Waals surface area contributed by atoms with E-state index in [2.05, 4.69) is 10.6 Å². The zero-order chi connectivity index (χ0) is 23.2. The summed E-state index contributed by atoms with van der Waals surface area (Å²) in [5.41, 5.74) is 1.59. The molecule has 2 heterocycles. The maximum atomic E-state index is 13.1. The Balaban J connectivity index is 1.42. The van der Waals surface area contributed by atoms with Gasteiger partial charge >= 0.3 is 0 Å². The number of nitrogens with zero attached hydrogens (tertiary/aromatic N) is 1. The number of anilines is 1. The number of nitro groups is 1. The summed E-state index contributed by atoms with van der Waals surface area (Å²) in [4.78, 5) is 25.1. The van der Waals surface area contributed by atoms with Gasteiger partial charge in [-0.25, -0.2) is 0 Å². The molecule has 3 aromatic carbocycles. The Morgan fingerprint density at radius 1 is 1.06 bits per heavy atom. The molecule has 0 unspecified atom stereocenters. The summed E-state index contributed by atoms with van der Waals surface area (Å²) in [6, 6.07) is 20.4. The molecule has 2 aliphatic heterocycles. The van der Waals surface area contributed by atoms with Gasteiger partial charge in [-0.3, -0.25) is 20.2 Å². The topological polar surface area (TPSA) is 93.5 Å². The van der Waals surface area contributed by atoms with Crippen LogP contribution in [0.15, 0.2) is 72.8 Å². The van der Waals surface area contributed by atoms with Crippen molar-refractivity contribution in [2.75, 3.05) is 5.32 Å². The lowest BCUT2D eigenvalue weighted by atomic mass is 9.78. The molecule has 33 heavy (non-hydrogen) atoms. The van der Waals surface area contributed by atoms with E-state index >= 15 is 0 Å². The van der Waals surface area contributed by atoms with Gasteiger partial charge in [0, 0.05) is 27.2 Å². The molecule has 1 saturated heterocycles. The molecular weight excluding hydrogens is 442 g/mol. The molecule has 2 N–H and O–H groups in total. The highest BCUT2D eigenvalue weighted by molar-refractivity contribution is 6.30. The highest BCUT2D eigenvalue weighted by Crippen LogP contribution is 2.49. The monoisotopic (exact) mass is 463 g/mol. The molecule has 1 fully saturated rings. The zero-order valence-corrected chi connectivity index (χ0v) is 18.6. The van der Waals surface area contributed by atoms with Crippen LogP contribution < -0.4 is 15.4 Å². The van der Waals surface area contributed by atoms with Gasteiger partial charge in [-0.2, -0.15) is 0 Å². The highest BCUT2D eigenvalue weighted by Gasteiger charge is 2.67. The molecule has 3 aromatic rings. The summed E-state index contributed by atoms with van der Waals surface area (Å²) in [6.45, 7) is 2.27. The normalized spacial score (nSPS) is 25.6. The number of para-hydroxylation sites is 1. The Hall–Kier alpha value is -3.42. The fraction of sp³-hybridized carbons (Fsp3) is 0.240. The van der Waals surface area contributed by atoms with Crippen LogP contribution >= 0.6 is 11.6 Å². The molecule has 0 aliphatic carbocycles. The average Bonchev–Trinajstić information content (AvgIpc) is 3.27. The van der Waals surface area contributed by atoms with Crippen molar-refractivity contribution < 1.29 is 14.5 Å². The van der Waals surface area contributed by atoms with E-state index < -0.39 is 17.5 Å². The summed E-state index contributed by atoms with van der Waals surface area (Å²) < 4.78 is 5.85. The molecule has 5 rings (SSSR count). The summed E-state index contributed by atoms with van der Waals surface area (Å²) in [5, 5.41) is 19.1. The summed E-state index contributed by atoms with van der Waals surface area (Å²) in [6.07, 6.45) is 0. The molecule has 0 saturated carbocycles. The molecule has 7 nitrogen and oxygen atoms in total. The Bertz CT molecular complexity index is 1220. The lowest BCUT2D eigenvalue weighted by molar-refractivity contribution is -0.532. The Morgan fingerprint density at radius 2 is 1.76 bits per heavy atom. The summed E-state index contributed by atoms with van der Waals surface area (Å²) in [7, 11) is 0. The van der Waals surface area contributed by atoms with Gasteiger partial charge in [0.15, 0.2) is 5.54 Å². The predicted octanol–water partition coefficient (Wildman–Crippen LogP) is 4.49. The number of ether oxygens (including phenoxy) is 1. The van der Waals surface area contributed by atoms with E-state index in [-0.39, 0.29) is 16.9 Å². The number of amides is 1. The van der Waals surface area contributed by atoms with Crippen molar-refractivity contribution in [1.29, 1.82) is 0 Å². The second kappa shape index (κ2) is 8.17. The molecular formula is C25H22ClN3O4. The molecule has 0 bridgehead atoms. The second-order valence-electron chi connectivity index (χ2n) is 8.48. The van der Waals surface area contributed by atoms with Crippen molar-refractivity contribution in [3.05, 3.63) is 105 Å². The number of carbonyl (C=O) groups excluding carboxylic acids is 1. The van der Waals surface area contributed by atoms with Crippen LogP contribution in [-0.4, -0.2) is 22.9 Å². The van der Waals surface area contributed by atoms with Crippen LogP contribution in [0.5, 0.6) is 5.75 Å². The van der Waals surface area contributed by atoms with Crippen LogP contribution in [0, 0.1) is 10.1 Å². The Kier molecular flexibility index (Phi) is 5.31. The third kappa shape index (κ3) is 3.53. The molecule has 1 amide bonds. The first-order valence-corrected chi connectivity index (χ1v) is 11.1. The van der Waals surface area contributed by atoms with E-state index in [4.69, 9.17) is 16.3 Å². The van der Waals surface area contributed by atoms with Crippen LogP contribution in [0.25, 0.3) is 0 Å². The molecule has 8 heteroatoms. The van der Waals surface area contributed by atoms with Crippen LogP contribution in [-0.2, 0) is 16.9 Å². The summed E-state index contributed by atoms with van der Waals surface area (Å²) in [5.74, 6) is -0.228. The van der Waals surface area contributed by atoms with Gasteiger partial charge in [-0.15, -0.1) is 0 Å². The maximum Gasteiger partial charge on any atom is 0.256 e. The van der Waals surface area contributed by atoms with Crippen molar-refractivity contribution in [2.24, 2.45) is 0 Å². The molecule has 0 radical (unpaired) electrons. The Morgan fingerprint density at radius 3 is 2.45 bits per heavy atom. The first-order chi connectivity index (χ1) is 15.9. The number of carbonyl (C=O) groups is 1. The largest absolute Gasteiger partial charge is 0.489 e. The third-order valence-electron chi connectivity index (χ3n) is 6.55. The van der Waals surface area contributed by atoms with Crippen molar-refractivity contribution >= 4 is 23.2 Å². The minimum Gasteiger partial charge on any atom is -0.489 e. The number of hydrogen-bond acceptors (Lipinski definition) is 5. The van der Waals surface area contributed by atoms with Crippen LogP contribution in [0.2, 0.25) is 5.02 Å². The average molecular weight is 464 g/mol. The van der Waals surface area contributed by atoms with Gasteiger partial charge in [0.1, 0.15) is 12.4 Å². The minimum atomic E-state index is -1.41. The lowest BCUT2D eigenvalue weighted by Crippen LogP contribution is -2.54. The van der Waals surface area contributed by atoms with Crippen LogP contribution in [0.1, 0.15) is 29.5 Å². The fourth-order valence-electron chi connectivity index (χ4n) is 5.09. The van der Waals surface area contributed by atoms with Gasteiger partial charge in [0.2, 0.25) is 0 Å². The van der Waals surface area contributed by atoms with E-state index in [0.717, 1.165) is 11.1 Å². The van der Waals surface area contributed by atoms with Crippen molar-refractivity contribution in [2.45, 2.75) is 37.1 Å². The summed E-state index contributed by atoms with van der Waals surface area (Å²) >= 11 is 5.92. The molecule has 1 spiro atoms.